The Balaban J connectivity index is 1.44. The summed E-state index contributed by atoms with van der Waals surface area (Å²) in [4.78, 5) is 28.7. The Kier molecular flexibility index (Phi) is 7.73. The molecule has 0 radical (unpaired) electrons. The van der Waals surface area contributed by atoms with Crippen molar-refractivity contribution in [2.24, 2.45) is 0 Å². The minimum atomic E-state index is -0.843. The molecule has 0 aliphatic carbocycles. The zero-order valence-corrected chi connectivity index (χ0v) is 21.6. The lowest BCUT2D eigenvalue weighted by Gasteiger charge is -2.35. The van der Waals surface area contributed by atoms with Gasteiger partial charge < -0.3 is 29.1 Å². The van der Waals surface area contributed by atoms with Gasteiger partial charge in [0.15, 0.2) is 0 Å². The van der Waals surface area contributed by atoms with E-state index in [9.17, 15) is 14.7 Å². The number of esters is 1. The molecule has 0 fully saturated rings. The molecule has 0 saturated carbocycles. The van der Waals surface area contributed by atoms with Crippen LogP contribution in [0.1, 0.15) is 47.8 Å². The van der Waals surface area contributed by atoms with Crippen LogP contribution in [0.15, 0.2) is 36.4 Å². The van der Waals surface area contributed by atoms with Gasteiger partial charge in [0.2, 0.25) is 0 Å². The van der Waals surface area contributed by atoms with Gasteiger partial charge in [-0.05, 0) is 75.4 Å². The highest BCUT2D eigenvalue weighted by atomic mass is 16.6. The fourth-order valence-corrected chi connectivity index (χ4v) is 4.78. The van der Waals surface area contributed by atoms with Gasteiger partial charge in [-0.2, -0.15) is 0 Å². The van der Waals surface area contributed by atoms with Crippen LogP contribution in [0, 0.1) is 6.92 Å². The number of carbonyl (C=O) groups excluding carboxylic acids is 2. The summed E-state index contributed by atoms with van der Waals surface area (Å²) in [6.45, 7) is 10.2. The number of fused-ring (bicyclic) bond motifs is 2. The van der Waals surface area contributed by atoms with Crippen molar-refractivity contribution in [2.45, 2.75) is 52.2 Å². The molecule has 1 amide bonds. The number of aliphatic hydroxyl groups excluding tert-OH is 1. The third-order valence-electron chi connectivity index (χ3n) is 6.45. The molecule has 2 aliphatic rings. The first-order chi connectivity index (χ1) is 17.1. The van der Waals surface area contributed by atoms with Crippen LogP contribution in [0.5, 0.6) is 5.75 Å². The van der Waals surface area contributed by atoms with Gasteiger partial charge >= 0.3 is 12.1 Å². The Morgan fingerprint density at radius 1 is 1.11 bits per heavy atom. The summed E-state index contributed by atoms with van der Waals surface area (Å²) >= 11 is 0. The minimum absolute atomic E-state index is 0.0880. The zero-order chi connectivity index (χ0) is 25.9. The molecular weight excluding hydrogens is 460 g/mol. The summed E-state index contributed by atoms with van der Waals surface area (Å²) in [5.41, 5.74) is 4.37. The normalized spacial score (nSPS) is 16.2. The fourth-order valence-electron chi connectivity index (χ4n) is 4.78. The number of nitrogens with zero attached hydrogens (tertiary/aromatic N) is 2. The van der Waals surface area contributed by atoms with E-state index in [1.54, 1.807) is 29.2 Å². The molecule has 0 saturated heterocycles. The number of benzene rings is 2. The van der Waals surface area contributed by atoms with Crippen molar-refractivity contribution in [3.63, 3.8) is 0 Å². The standard InChI is InChI=1S/C28H36N2O6/c1-19-23-11-13-29(27(33)36-28(2,3)4)12-10-21(23)16-24-25(19)30(14-15-34-24)17-22(31)18-35-26(32)20-8-6-5-7-9-20/h5-9,16,22,31H,10-15,17-18H2,1-4H3/t22-/m1/s1. The summed E-state index contributed by atoms with van der Waals surface area (Å²) in [5.74, 6) is 0.338. The molecule has 2 aromatic rings. The highest BCUT2D eigenvalue weighted by Crippen LogP contribution is 2.40. The highest BCUT2D eigenvalue weighted by molar-refractivity contribution is 5.89. The number of amides is 1. The van der Waals surface area contributed by atoms with E-state index in [1.165, 1.54) is 11.1 Å². The third-order valence-corrected chi connectivity index (χ3v) is 6.45. The Morgan fingerprint density at radius 2 is 1.83 bits per heavy atom. The van der Waals surface area contributed by atoms with E-state index in [4.69, 9.17) is 14.2 Å². The third kappa shape index (κ3) is 6.10. The Morgan fingerprint density at radius 3 is 2.56 bits per heavy atom. The minimum Gasteiger partial charge on any atom is -0.490 e. The summed E-state index contributed by atoms with van der Waals surface area (Å²) in [6.07, 6.45) is 0.316. The predicted octanol–water partition coefficient (Wildman–Crippen LogP) is 3.75. The summed E-state index contributed by atoms with van der Waals surface area (Å²) < 4.78 is 16.9. The van der Waals surface area contributed by atoms with Crippen molar-refractivity contribution in [1.29, 1.82) is 0 Å². The topological polar surface area (TPSA) is 88.5 Å². The van der Waals surface area contributed by atoms with Crippen LogP contribution in [0.3, 0.4) is 0 Å². The number of aliphatic hydroxyl groups is 1. The first-order valence-electron chi connectivity index (χ1n) is 12.5. The number of anilines is 1. The molecule has 2 aromatic carbocycles. The largest absolute Gasteiger partial charge is 0.490 e. The summed E-state index contributed by atoms with van der Waals surface area (Å²) in [6, 6.07) is 10.8. The second kappa shape index (κ2) is 10.8. The van der Waals surface area contributed by atoms with Crippen LogP contribution in [0.2, 0.25) is 0 Å². The van der Waals surface area contributed by atoms with E-state index in [-0.39, 0.29) is 12.7 Å². The van der Waals surface area contributed by atoms with E-state index in [2.05, 4.69) is 17.9 Å². The van der Waals surface area contributed by atoms with Crippen molar-refractivity contribution in [3.05, 3.63) is 58.7 Å². The molecule has 8 nitrogen and oxygen atoms in total. The number of ether oxygens (including phenoxy) is 3. The molecule has 1 N–H and O–H groups in total. The van der Waals surface area contributed by atoms with Crippen LogP contribution in [-0.4, -0.2) is 73.2 Å². The van der Waals surface area contributed by atoms with Crippen LogP contribution in [0.25, 0.3) is 0 Å². The van der Waals surface area contributed by atoms with Gasteiger partial charge in [-0.25, -0.2) is 9.59 Å². The van der Waals surface area contributed by atoms with Crippen molar-refractivity contribution < 1.29 is 28.9 Å². The second-order valence-electron chi connectivity index (χ2n) is 10.4. The summed E-state index contributed by atoms with van der Waals surface area (Å²) in [7, 11) is 0. The lowest BCUT2D eigenvalue weighted by atomic mass is 9.94. The van der Waals surface area contributed by atoms with E-state index in [1.807, 2.05) is 26.8 Å². The highest BCUT2D eigenvalue weighted by Gasteiger charge is 2.29. The van der Waals surface area contributed by atoms with Crippen LogP contribution in [0.4, 0.5) is 10.5 Å². The van der Waals surface area contributed by atoms with Gasteiger partial charge in [0, 0.05) is 19.6 Å². The Hall–Kier alpha value is -3.26. The predicted molar refractivity (Wildman–Crippen MR) is 137 cm³/mol. The fraction of sp³-hybridized carbons (Fsp3) is 0.500. The van der Waals surface area contributed by atoms with Gasteiger partial charge in [-0.15, -0.1) is 0 Å². The molecule has 0 bridgehead atoms. The Labute approximate surface area is 212 Å². The zero-order valence-electron chi connectivity index (χ0n) is 21.6. The van der Waals surface area contributed by atoms with Gasteiger partial charge in [0.25, 0.3) is 0 Å². The molecule has 1 atom stereocenters. The van der Waals surface area contributed by atoms with Crippen LogP contribution >= 0.6 is 0 Å². The molecule has 194 valence electrons. The lowest BCUT2D eigenvalue weighted by Crippen LogP contribution is -2.41. The molecule has 4 rings (SSSR count). The maximum atomic E-state index is 12.6. The maximum absolute atomic E-state index is 12.6. The van der Waals surface area contributed by atoms with Crippen LogP contribution < -0.4 is 9.64 Å². The number of β-amino-alcohol motifs (C(OH)–C–C–N with tert-alkyl or cyclic N) is 1. The van der Waals surface area contributed by atoms with Gasteiger partial charge in [-0.3, -0.25) is 0 Å². The Bertz CT molecular complexity index is 1100. The monoisotopic (exact) mass is 496 g/mol. The molecule has 0 spiro atoms. The smallest absolute Gasteiger partial charge is 0.410 e. The van der Waals surface area contributed by atoms with E-state index < -0.39 is 17.7 Å². The molecule has 0 unspecified atom stereocenters. The summed E-state index contributed by atoms with van der Waals surface area (Å²) in [5, 5.41) is 10.7. The van der Waals surface area contributed by atoms with Crippen molar-refractivity contribution in [1.82, 2.24) is 4.90 Å². The molecule has 2 heterocycles. The second-order valence-corrected chi connectivity index (χ2v) is 10.4. The van der Waals surface area contributed by atoms with Crippen LogP contribution in [-0.2, 0) is 22.3 Å². The maximum Gasteiger partial charge on any atom is 0.410 e. The lowest BCUT2D eigenvalue weighted by molar-refractivity contribution is 0.0256. The van der Waals surface area contributed by atoms with Crippen molar-refractivity contribution >= 4 is 17.7 Å². The molecule has 36 heavy (non-hydrogen) atoms. The first kappa shape index (κ1) is 25.8. The SMILES string of the molecule is Cc1c2c(cc3c1N(C[C@@H](O)COC(=O)c1ccccc1)CCO3)CCN(C(=O)OC(C)(C)C)CC2. The van der Waals surface area contributed by atoms with Gasteiger partial charge in [-0.1, -0.05) is 18.2 Å². The van der Waals surface area contributed by atoms with E-state index in [0.29, 0.717) is 38.3 Å². The average Bonchev–Trinajstić information content (AvgIpc) is 3.05. The molecule has 8 heteroatoms. The average molecular weight is 497 g/mol. The van der Waals surface area contributed by atoms with Crippen molar-refractivity contribution in [2.75, 3.05) is 44.3 Å². The first-order valence-corrected chi connectivity index (χ1v) is 12.5. The van der Waals surface area contributed by atoms with Gasteiger partial charge in [0.05, 0.1) is 17.8 Å². The number of carbonyl (C=O) groups is 2. The number of rotatable bonds is 5. The number of hydrogen-bond acceptors (Lipinski definition) is 7. The van der Waals surface area contributed by atoms with E-state index in [0.717, 1.165) is 29.8 Å². The number of hydrogen-bond donors (Lipinski definition) is 1. The molecule has 2 aliphatic heterocycles. The quantitative estimate of drug-likeness (QED) is 0.631. The molecular formula is C28H36N2O6. The van der Waals surface area contributed by atoms with E-state index >= 15 is 0 Å². The molecule has 0 aromatic heterocycles. The van der Waals surface area contributed by atoms with Gasteiger partial charge in [0.1, 0.15) is 30.7 Å². The van der Waals surface area contributed by atoms with Crippen molar-refractivity contribution in [3.8, 4) is 5.75 Å².